The monoisotopic (exact) mass is 506 g/mol. The topological polar surface area (TPSA) is 118 Å². The number of rotatable bonds is 7. The van der Waals surface area contributed by atoms with Gasteiger partial charge in [-0.25, -0.2) is 19.9 Å². The maximum atomic E-state index is 11.9. The number of fused-ring (bicyclic) bond motifs is 1. The van der Waals surface area contributed by atoms with Crippen LogP contribution in [0.25, 0.3) is 10.9 Å². The molecular formula is C26H34N8O3. The highest BCUT2D eigenvalue weighted by Crippen LogP contribution is 2.38. The Morgan fingerprint density at radius 3 is 2.62 bits per heavy atom. The van der Waals surface area contributed by atoms with Crippen LogP contribution >= 0.6 is 0 Å². The molecule has 1 saturated heterocycles. The maximum absolute atomic E-state index is 11.9. The molecule has 1 amide bonds. The van der Waals surface area contributed by atoms with Crippen molar-refractivity contribution in [2.75, 3.05) is 62.6 Å². The van der Waals surface area contributed by atoms with Crippen molar-refractivity contribution in [3.05, 3.63) is 36.4 Å². The first-order valence-electron chi connectivity index (χ1n) is 12.8. The number of hydrogen-bond donors (Lipinski definition) is 2. The molecule has 1 saturated carbocycles. The predicted molar refractivity (Wildman–Crippen MR) is 143 cm³/mol. The Labute approximate surface area is 216 Å². The van der Waals surface area contributed by atoms with Gasteiger partial charge in [0.25, 0.3) is 5.91 Å². The highest BCUT2D eigenvalue weighted by molar-refractivity contribution is 5.97. The second-order valence-electron chi connectivity index (χ2n) is 9.61. The molecule has 2 fully saturated rings. The number of carbonyl (C=O) groups excluding carboxylic acids is 1. The van der Waals surface area contributed by atoms with Crippen molar-refractivity contribution in [2.45, 2.75) is 37.8 Å². The van der Waals surface area contributed by atoms with Gasteiger partial charge in [-0.05, 0) is 37.8 Å². The van der Waals surface area contributed by atoms with E-state index in [4.69, 9.17) is 9.47 Å². The first-order valence-corrected chi connectivity index (χ1v) is 12.8. The third-order valence-electron chi connectivity index (χ3n) is 6.88. The van der Waals surface area contributed by atoms with E-state index in [1.165, 1.54) is 0 Å². The van der Waals surface area contributed by atoms with Gasteiger partial charge in [0.2, 0.25) is 5.95 Å². The van der Waals surface area contributed by atoms with Gasteiger partial charge in [-0.2, -0.15) is 0 Å². The fourth-order valence-corrected chi connectivity index (χ4v) is 4.93. The van der Waals surface area contributed by atoms with Gasteiger partial charge in [0.1, 0.15) is 23.6 Å². The minimum atomic E-state index is -0.227. The van der Waals surface area contributed by atoms with Crippen LogP contribution in [0.5, 0.6) is 5.75 Å². The van der Waals surface area contributed by atoms with Crippen molar-refractivity contribution in [3.8, 4) is 5.75 Å². The van der Waals surface area contributed by atoms with E-state index in [-0.39, 0.29) is 18.1 Å². The van der Waals surface area contributed by atoms with Crippen LogP contribution in [-0.2, 0) is 4.74 Å². The average Bonchev–Trinajstić information content (AvgIpc) is 2.93. The number of anilines is 3. The summed E-state index contributed by atoms with van der Waals surface area (Å²) in [5.41, 5.74) is 2.32. The molecule has 11 nitrogen and oxygen atoms in total. The van der Waals surface area contributed by atoms with Crippen molar-refractivity contribution < 1.29 is 14.3 Å². The van der Waals surface area contributed by atoms with Crippen LogP contribution < -0.4 is 25.2 Å². The van der Waals surface area contributed by atoms with Gasteiger partial charge in [-0.1, -0.05) is 0 Å². The molecule has 0 unspecified atom stereocenters. The van der Waals surface area contributed by atoms with Crippen molar-refractivity contribution in [1.29, 1.82) is 0 Å². The molecule has 2 aliphatic rings. The largest absolute Gasteiger partial charge is 0.490 e. The average molecular weight is 507 g/mol. The number of benzene rings is 1. The number of morpholine rings is 1. The second-order valence-corrected chi connectivity index (χ2v) is 9.61. The number of hydrogen-bond acceptors (Lipinski definition) is 10. The Balaban J connectivity index is 1.32. The minimum Gasteiger partial charge on any atom is -0.490 e. The summed E-state index contributed by atoms with van der Waals surface area (Å²) in [6.45, 7) is 3.12. The van der Waals surface area contributed by atoms with Gasteiger partial charge in [0, 0.05) is 58.2 Å². The van der Waals surface area contributed by atoms with E-state index in [0.29, 0.717) is 24.9 Å². The van der Waals surface area contributed by atoms with E-state index in [9.17, 15) is 4.79 Å². The lowest BCUT2D eigenvalue weighted by Crippen LogP contribution is -2.36. The van der Waals surface area contributed by atoms with Crippen LogP contribution in [0.1, 0.15) is 36.2 Å². The maximum Gasteiger partial charge on any atom is 0.269 e. The number of aromatic nitrogens is 4. The number of nitrogens with one attached hydrogen (secondary N) is 2. The molecule has 196 valence electrons. The molecule has 0 atom stereocenters. The lowest BCUT2D eigenvalue weighted by atomic mass is 9.93. The zero-order chi connectivity index (χ0) is 25.8. The molecule has 3 heterocycles. The summed E-state index contributed by atoms with van der Waals surface area (Å²) in [4.78, 5) is 34.0. The van der Waals surface area contributed by atoms with Gasteiger partial charge in [0.05, 0.1) is 30.2 Å². The van der Waals surface area contributed by atoms with Gasteiger partial charge >= 0.3 is 0 Å². The Morgan fingerprint density at radius 1 is 1.11 bits per heavy atom. The Morgan fingerprint density at radius 2 is 1.89 bits per heavy atom. The van der Waals surface area contributed by atoms with Gasteiger partial charge in [0.15, 0.2) is 0 Å². The SMILES string of the molecule is CNC(=O)c1ccnc(NC2CCC(Oc3cc(N4CCOCC4)cc4ncnc(N(C)C)c34)CC2)n1. The number of nitrogens with zero attached hydrogens (tertiary/aromatic N) is 6. The zero-order valence-corrected chi connectivity index (χ0v) is 21.6. The Kier molecular flexibility index (Phi) is 7.50. The molecule has 0 bridgehead atoms. The molecular weight excluding hydrogens is 472 g/mol. The van der Waals surface area contributed by atoms with E-state index in [1.54, 1.807) is 25.6 Å². The fraction of sp³-hybridized carbons (Fsp3) is 0.500. The third-order valence-corrected chi connectivity index (χ3v) is 6.88. The van der Waals surface area contributed by atoms with Crippen molar-refractivity contribution in [2.24, 2.45) is 0 Å². The van der Waals surface area contributed by atoms with Crippen LogP contribution in [0.2, 0.25) is 0 Å². The summed E-state index contributed by atoms with van der Waals surface area (Å²) in [6.07, 6.45) is 6.90. The fourth-order valence-electron chi connectivity index (χ4n) is 4.93. The summed E-state index contributed by atoms with van der Waals surface area (Å²) < 4.78 is 12.2. The summed E-state index contributed by atoms with van der Waals surface area (Å²) in [5.74, 6) is 1.91. The molecule has 5 rings (SSSR count). The standard InChI is InChI=1S/C26H34N8O3/c1-27-25(35)20-8-9-28-26(32-20)31-17-4-6-19(7-5-17)37-22-15-18(34-10-12-36-13-11-34)14-21-23(22)24(33(2)3)30-16-29-21/h8-9,14-17,19H,4-7,10-13H2,1-3H3,(H,27,35)(H,28,31,32). The van der Waals surface area contributed by atoms with Crippen LogP contribution in [0.15, 0.2) is 30.7 Å². The smallest absolute Gasteiger partial charge is 0.269 e. The predicted octanol–water partition coefficient (Wildman–Crippen LogP) is 2.48. The Hall–Kier alpha value is -3.73. The van der Waals surface area contributed by atoms with Gasteiger partial charge < -0.3 is 29.9 Å². The molecule has 0 radical (unpaired) electrons. The third kappa shape index (κ3) is 5.66. The van der Waals surface area contributed by atoms with E-state index in [2.05, 4.69) is 47.6 Å². The lowest BCUT2D eigenvalue weighted by molar-refractivity contribution is 0.0958. The van der Waals surface area contributed by atoms with Crippen LogP contribution in [0, 0.1) is 0 Å². The van der Waals surface area contributed by atoms with Gasteiger partial charge in [-0.15, -0.1) is 0 Å². The summed E-state index contributed by atoms with van der Waals surface area (Å²) in [6, 6.07) is 6.08. The molecule has 3 aromatic rings. The normalized spacial score (nSPS) is 19.9. The quantitative estimate of drug-likeness (QED) is 0.495. The molecule has 2 N–H and O–H groups in total. The molecule has 0 spiro atoms. The highest BCUT2D eigenvalue weighted by Gasteiger charge is 2.25. The van der Waals surface area contributed by atoms with Crippen molar-refractivity contribution in [1.82, 2.24) is 25.3 Å². The summed E-state index contributed by atoms with van der Waals surface area (Å²) in [5, 5.41) is 6.92. The number of carbonyl (C=O) groups is 1. The van der Waals surface area contributed by atoms with Gasteiger partial charge in [-0.3, -0.25) is 4.79 Å². The van der Waals surface area contributed by atoms with Crippen LogP contribution in [-0.4, -0.2) is 85.4 Å². The minimum absolute atomic E-state index is 0.0783. The highest BCUT2D eigenvalue weighted by atomic mass is 16.5. The Bertz CT molecular complexity index is 1240. The first-order chi connectivity index (χ1) is 18.0. The summed E-state index contributed by atoms with van der Waals surface area (Å²) >= 11 is 0. The first kappa shape index (κ1) is 24.9. The molecule has 2 aromatic heterocycles. The van der Waals surface area contributed by atoms with E-state index >= 15 is 0 Å². The molecule has 11 heteroatoms. The molecule has 1 aromatic carbocycles. The van der Waals surface area contributed by atoms with E-state index in [1.807, 2.05) is 19.0 Å². The van der Waals surface area contributed by atoms with E-state index < -0.39 is 0 Å². The number of ether oxygens (including phenoxy) is 2. The zero-order valence-electron chi connectivity index (χ0n) is 21.6. The molecule has 1 aliphatic heterocycles. The molecule has 1 aliphatic carbocycles. The van der Waals surface area contributed by atoms with Crippen molar-refractivity contribution >= 4 is 34.3 Å². The lowest BCUT2D eigenvalue weighted by Gasteiger charge is -2.32. The van der Waals surface area contributed by atoms with Crippen molar-refractivity contribution in [3.63, 3.8) is 0 Å². The second kappa shape index (κ2) is 11.1. The summed E-state index contributed by atoms with van der Waals surface area (Å²) in [7, 11) is 5.56. The molecule has 37 heavy (non-hydrogen) atoms. The van der Waals surface area contributed by atoms with Crippen LogP contribution in [0.4, 0.5) is 17.5 Å². The van der Waals surface area contributed by atoms with E-state index in [0.717, 1.165) is 66.9 Å². The number of amides is 1. The van der Waals surface area contributed by atoms with Crippen LogP contribution in [0.3, 0.4) is 0 Å².